The van der Waals surface area contributed by atoms with Crippen LogP contribution in [0.5, 0.6) is 0 Å². The van der Waals surface area contributed by atoms with Gasteiger partial charge in [0, 0.05) is 17.0 Å². The van der Waals surface area contributed by atoms with Crippen LogP contribution in [0.3, 0.4) is 0 Å². The van der Waals surface area contributed by atoms with E-state index < -0.39 is 0 Å². The Morgan fingerprint density at radius 1 is 1.39 bits per heavy atom. The highest BCUT2D eigenvalue weighted by molar-refractivity contribution is 6.35. The van der Waals surface area contributed by atoms with Gasteiger partial charge in [-0.25, -0.2) is 4.68 Å². The van der Waals surface area contributed by atoms with Gasteiger partial charge in [-0.2, -0.15) is 0 Å². The average Bonchev–Trinajstić information content (AvgIpc) is 2.64. The van der Waals surface area contributed by atoms with Crippen LogP contribution in [0, 0.1) is 6.92 Å². The predicted molar refractivity (Wildman–Crippen MR) is 70.3 cm³/mol. The van der Waals surface area contributed by atoms with E-state index in [1.165, 1.54) is 6.92 Å². The van der Waals surface area contributed by atoms with Crippen molar-refractivity contribution < 1.29 is 4.79 Å². The van der Waals surface area contributed by atoms with Gasteiger partial charge in [-0.1, -0.05) is 34.5 Å². The molecule has 0 aliphatic carbocycles. The minimum absolute atomic E-state index is 0.0963. The Hall–Kier alpha value is -1.39. The third-order valence-electron chi connectivity index (χ3n) is 2.65. The van der Waals surface area contributed by atoms with Crippen LogP contribution < -0.4 is 0 Å². The normalized spacial score (nSPS) is 10.7. The lowest BCUT2D eigenvalue weighted by Crippen LogP contribution is -2.05. The van der Waals surface area contributed by atoms with Crippen LogP contribution in [0.15, 0.2) is 18.2 Å². The number of hydrogen-bond acceptors (Lipinski definition) is 3. The fourth-order valence-corrected chi connectivity index (χ4v) is 2.12. The van der Waals surface area contributed by atoms with Crippen LogP contribution in [0.25, 0.3) is 0 Å². The predicted octanol–water partition coefficient (Wildman–Crippen LogP) is 3.14. The lowest BCUT2D eigenvalue weighted by Gasteiger charge is -2.06. The van der Waals surface area contributed by atoms with Crippen molar-refractivity contribution in [2.24, 2.45) is 0 Å². The van der Waals surface area contributed by atoms with Gasteiger partial charge in [0.1, 0.15) is 0 Å². The SMILES string of the molecule is CC(=O)c1nnn(Cc2ccc(Cl)cc2Cl)c1C. The largest absolute Gasteiger partial charge is 0.293 e. The summed E-state index contributed by atoms with van der Waals surface area (Å²) in [5.74, 6) is -0.0963. The molecule has 0 saturated heterocycles. The molecule has 0 radical (unpaired) electrons. The van der Waals surface area contributed by atoms with E-state index in [1.807, 2.05) is 6.07 Å². The summed E-state index contributed by atoms with van der Waals surface area (Å²) in [6, 6.07) is 5.27. The van der Waals surface area contributed by atoms with Crippen molar-refractivity contribution >= 4 is 29.0 Å². The first-order valence-electron chi connectivity index (χ1n) is 5.34. The summed E-state index contributed by atoms with van der Waals surface area (Å²) in [6.07, 6.45) is 0. The highest BCUT2D eigenvalue weighted by atomic mass is 35.5. The van der Waals surface area contributed by atoms with Crippen molar-refractivity contribution in [2.45, 2.75) is 20.4 Å². The van der Waals surface area contributed by atoms with E-state index in [0.717, 1.165) is 11.3 Å². The topological polar surface area (TPSA) is 47.8 Å². The van der Waals surface area contributed by atoms with Gasteiger partial charge in [0.05, 0.1) is 12.2 Å². The number of rotatable bonds is 3. The minimum atomic E-state index is -0.0963. The first-order valence-corrected chi connectivity index (χ1v) is 6.09. The molecule has 1 aromatic carbocycles. The number of hydrogen-bond donors (Lipinski definition) is 0. The van der Waals surface area contributed by atoms with Crippen molar-refractivity contribution in [3.8, 4) is 0 Å². The number of carbonyl (C=O) groups excluding carboxylic acids is 1. The second kappa shape index (κ2) is 5.08. The Bertz CT molecular complexity index is 607. The average molecular weight is 284 g/mol. The number of aromatic nitrogens is 3. The molecule has 6 heteroatoms. The molecule has 0 amide bonds. The number of nitrogens with zero attached hydrogens (tertiary/aromatic N) is 3. The zero-order chi connectivity index (χ0) is 13.3. The third-order valence-corrected chi connectivity index (χ3v) is 3.24. The van der Waals surface area contributed by atoms with E-state index in [1.54, 1.807) is 23.7 Å². The highest BCUT2D eigenvalue weighted by Gasteiger charge is 2.13. The molecule has 2 rings (SSSR count). The number of ketones is 1. The van der Waals surface area contributed by atoms with Crippen LogP contribution in [0.1, 0.15) is 28.7 Å². The van der Waals surface area contributed by atoms with Crippen LogP contribution in [-0.2, 0) is 6.54 Å². The molecule has 0 aliphatic rings. The van der Waals surface area contributed by atoms with Crippen molar-refractivity contribution in [1.29, 1.82) is 0 Å². The van der Waals surface area contributed by atoms with Gasteiger partial charge in [-0.05, 0) is 24.6 Å². The van der Waals surface area contributed by atoms with Crippen molar-refractivity contribution in [1.82, 2.24) is 15.0 Å². The summed E-state index contributed by atoms with van der Waals surface area (Å²) in [6.45, 7) is 3.74. The Balaban J connectivity index is 2.32. The van der Waals surface area contributed by atoms with Crippen LogP contribution >= 0.6 is 23.2 Å². The Morgan fingerprint density at radius 3 is 2.67 bits per heavy atom. The first kappa shape index (κ1) is 13.1. The molecule has 2 aromatic rings. The van der Waals surface area contributed by atoms with Crippen molar-refractivity contribution in [3.05, 3.63) is 45.2 Å². The summed E-state index contributed by atoms with van der Waals surface area (Å²) in [4.78, 5) is 11.3. The first-order chi connectivity index (χ1) is 8.49. The van der Waals surface area contributed by atoms with Crippen molar-refractivity contribution in [3.63, 3.8) is 0 Å². The molecule has 0 bridgehead atoms. The van der Waals surface area contributed by atoms with E-state index in [4.69, 9.17) is 23.2 Å². The maximum absolute atomic E-state index is 11.3. The van der Waals surface area contributed by atoms with Gasteiger partial charge < -0.3 is 0 Å². The van der Waals surface area contributed by atoms with Gasteiger partial charge in [0.15, 0.2) is 11.5 Å². The summed E-state index contributed by atoms with van der Waals surface area (Å²) < 4.78 is 1.64. The molecule has 0 unspecified atom stereocenters. The van der Waals surface area contributed by atoms with E-state index in [2.05, 4.69) is 10.3 Å². The Labute approximate surface area is 115 Å². The smallest absolute Gasteiger partial charge is 0.181 e. The van der Waals surface area contributed by atoms with Crippen molar-refractivity contribution in [2.75, 3.05) is 0 Å². The fourth-order valence-electron chi connectivity index (χ4n) is 1.65. The summed E-state index contributed by atoms with van der Waals surface area (Å²) in [5.41, 5.74) is 2.00. The lowest BCUT2D eigenvalue weighted by molar-refractivity contribution is 0.101. The molecule has 0 spiro atoms. The lowest BCUT2D eigenvalue weighted by atomic mass is 10.2. The molecule has 4 nitrogen and oxygen atoms in total. The highest BCUT2D eigenvalue weighted by Crippen LogP contribution is 2.22. The van der Waals surface area contributed by atoms with Crippen LogP contribution in [0.2, 0.25) is 10.0 Å². The quantitative estimate of drug-likeness (QED) is 0.813. The third kappa shape index (κ3) is 2.54. The molecule has 1 heterocycles. The maximum atomic E-state index is 11.3. The summed E-state index contributed by atoms with van der Waals surface area (Å²) in [5, 5.41) is 8.96. The molecule has 18 heavy (non-hydrogen) atoms. The number of halogens is 2. The monoisotopic (exact) mass is 283 g/mol. The van der Waals surface area contributed by atoms with E-state index in [-0.39, 0.29) is 5.78 Å². The zero-order valence-corrected chi connectivity index (χ0v) is 11.5. The molecule has 0 fully saturated rings. The molecule has 0 saturated carbocycles. The minimum Gasteiger partial charge on any atom is -0.293 e. The number of benzene rings is 1. The van der Waals surface area contributed by atoms with Crippen LogP contribution in [0.4, 0.5) is 0 Å². The van der Waals surface area contributed by atoms with E-state index in [0.29, 0.717) is 22.3 Å². The molecule has 1 aromatic heterocycles. The number of Topliss-reactive ketones (excluding diaryl/α,β-unsaturated/α-hetero) is 1. The van der Waals surface area contributed by atoms with Gasteiger partial charge >= 0.3 is 0 Å². The van der Waals surface area contributed by atoms with Crippen LogP contribution in [-0.4, -0.2) is 20.8 Å². The fraction of sp³-hybridized carbons (Fsp3) is 0.250. The van der Waals surface area contributed by atoms with E-state index in [9.17, 15) is 4.79 Å². The second-order valence-corrected chi connectivity index (χ2v) is 4.82. The Kier molecular flexibility index (Phi) is 3.68. The molecular formula is C12H11Cl2N3O. The maximum Gasteiger partial charge on any atom is 0.181 e. The molecule has 0 atom stereocenters. The van der Waals surface area contributed by atoms with E-state index >= 15 is 0 Å². The van der Waals surface area contributed by atoms with Gasteiger partial charge in [-0.3, -0.25) is 4.79 Å². The van der Waals surface area contributed by atoms with Gasteiger partial charge in [-0.15, -0.1) is 5.10 Å². The summed E-state index contributed by atoms with van der Waals surface area (Å²) >= 11 is 11.9. The summed E-state index contributed by atoms with van der Waals surface area (Å²) in [7, 11) is 0. The van der Waals surface area contributed by atoms with Gasteiger partial charge in [0.25, 0.3) is 0 Å². The zero-order valence-electron chi connectivity index (χ0n) is 9.94. The Morgan fingerprint density at radius 2 is 2.11 bits per heavy atom. The second-order valence-electron chi connectivity index (χ2n) is 3.97. The molecule has 0 aliphatic heterocycles. The standard InChI is InChI=1S/C12H11Cl2N3O/c1-7-12(8(2)18)15-16-17(7)6-9-3-4-10(13)5-11(9)14/h3-5H,6H2,1-2H3. The number of carbonyl (C=O) groups is 1. The molecule has 0 N–H and O–H groups in total. The molecule has 94 valence electrons. The molecular weight excluding hydrogens is 273 g/mol. The van der Waals surface area contributed by atoms with Gasteiger partial charge in [0.2, 0.25) is 0 Å².